The highest BCUT2D eigenvalue weighted by Gasteiger charge is 2.34. The van der Waals surface area contributed by atoms with Gasteiger partial charge >= 0.3 is 5.97 Å². The van der Waals surface area contributed by atoms with E-state index in [1.807, 2.05) is 42.5 Å². The van der Waals surface area contributed by atoms with Gasteiger partial charge in [0.1, 0.15) is 11.8 Å². The van der Waals surface area contributed by atoms with Crippen LogP contribution in [0.25, 0.3) is 6.08 Å². The van der Waals surface area contributed by atoms with Crippen LogP contribution in [0.15, 0.2) is 69.6 Å². The summed E-state index contributed by atoms with van der Waals surface area (Å²) in [5, 5.41) is 0. The number of fused-ring (bicyclic) bond motifs is 1. The van der Waals surface area contributed by atoms with Gasteiger partial charge in [-0.05, 0) is 43.7 Å². The summed E-state index contributed by atoms with van der Waals surface area (Å²) in [7, 11) is 1.57. The van der Waals surface area contributed by atoms with Gasteiger partial charge in [-0.2, -0.15) is 0 Å². The summed E-state index contributed by atoms with van der Waals surface area (Å²) < 4.78 is 18.5. The molecule has 0 radical (unpaired) electrons. The van der Waals surface area contributed by atoms with Crippen LogP contribution in [-0.2, 0) is 14.3 Å². The molecule has 1 aromatic heterocycles. The minimum atomic E-state index is -0.711. The number of hydrogen-bond donors (Lipinski definition) is 0. The molecule has 1 fully saturated rings. The van der Waals surface area contributed by atoms with Crippen molar-refractivity contribution < 1.29 is 19.0 Å². The smallest absolute Gasteiger partial charge is 0.338 e. The molecule has 192 valence electrons. The number of carbonyl (C=O) groups is 1. The van der Waals surface area contributed by atoms with Crippen molar-refractivity contribution in [3.05, 3.63) is 90.6 Å². The second kappa shape index (κ2) is 10.7. The monoisotopic (exact) mass is 519 g/mol. The van der Waals surface area contributed by atoms with E-state index >= 15 is 0 Å². The highest BCUT2D eigenvalue weighted by Crippen LogP contribution is 2.35. The van der Waals surface area contributed by atoms with Gasteiger partial charge in [0.2, 0.25) is 0 Å². The molecule has 0 bridgehead atoms. The lowest BCUT2D eigenvalue weighted by Gasteiger charge is -2.28. The summed E-state index contributed by atoms with van der Waals surface area (Å²) >= 11 is 1.31. The van der Waals surface area contributed by atoms with Crippen molar-refractivity contribution >= 4 is 29.1 Å². The lowest BCUT2D eigenvalue weighted by molar-refractivity contribution is -0.139. The molecule has 3 aromatic rings. The Morgan fingerprint density at radius 3 is 2.59 bits per heavy atom. The molecule has 1 atom stereocenters. The van der Waals surface area contributed by atoms with Gasteiger partial charge < -0.3 is 19.1 Å². The predicted octanol–water partition coefficient (Wildman–Crippen LogP) is 2.64. The summed E-state index contributed by atoms with van der Waals surface area (Å²) in [6.45, 7) is 6.93. The molecule has 2 aromatic carbocycles. The number of allylic oxidation sites excluding steroid dienone is 1. The molecule has 0 aliphatic carbocycles. The Bertz CT molecular complexity index is 1510. The minimum absolute atomic E-state index is 0.216. The van der Waals surface area contributed by atoms with E-state index in [9.17, 15) is 9.59 Å². The Balaban J connectivity index is 1.61. The molecule has 0 N–H and O–H groups in total. The highest BCUT2D eigenvalue weighted by molar-refractivity contribution is 7.07. The van der Waals surface area contributed by atoms with Crippen LogP contribution in [0.2, 0.25) is 0 Å². The lowest BCUT2D eigenvalue weighted by atomic mass is 9.95. The maximum Gasteiger partial charge on any atom is 0.338 e. The second-order valence-corrected chi connectivity index (χ2v) is 9.74. The van der Waals surface area contributed by atoms with Crippen LogP contribution in [0.5, 0.6) is 5.75 Å². The van der Waals surface area contributed by atoms with E-state index in [4.69, 9.17) is 14.2 Å². The Kier molecular flexibility index (Phi) is 7.25. The first-order valence-corrected chi connectivity index (χ1v) is 13.1. The summed E-state index contributed by atoms with van der Waals surface area (Å²) in [5.74, 6) is 0.0879. The fraction of sp³-hybridized carbons (Fsp3) is 0.321. The Morgan fingerprint density at radius 2 is 1.89 bits per heavy atom. The zero-order valence-corrected chi connectivity index (χ0v) is 21.9. The first-order valence-electron chi connectivity index (χ1n) is 12.3. The quantitative estimate of drug-likeness (QED) is 0.466. The van der Waals surface area contributed by atoms with Crippen LogP contribution in [0.4, 0.5) is 5.69 Å². The number of ether oxygens (including phenoxy) is 3. The van der Waals surface area contributed by atoms with Gasteiger partial charge in [0, 0.05) is 24.3 Å². The predicted molar refractivity (Wildman–Crippen MR) is 143 cm³/mol. The number of anilines is 1. The standard InChI is InChI=1S/C28H29N3O5S/c1-4-36-27(33)24-18(2)29-28-31(25(24)21-7-5-6-8-22(21)34-3)26(32)23(37-28)17-19-9-11-20(12-10-19)30-13-15-35-16-14-30/h5-12,17,25H,4,13-16H2,1-3H3/b23-17+/t25-/m0/s1. The summed E-state index contributed by atoms with van der Waals surface area (Å²) in [4.78, 5) is 34.3. The van der Waals surface area contributed by atoms with E-state index in [-0.39, 0.29) is 12.2 Å². The van der Waals surface area contributed by atoms with Crippen LogP contribution < -0.4 is 24.5 Å². The summed E-state index contributed by atoms with van der Waals surface area (Å²) in [6.07, 6.45) is 1.87. The average molecular weight is 520 g/mol. The van der Waals surface area contributed by atoms with Crippen molar-refractivity contribution in [1.82, 2.24) is 4.57 Å². The molecule has 1 saturated heterocycles. The largest absolute Gasteiger partial charge is 0.496 e. The van der Waals surface area contributed by atoms with Gasteiger partial charge in [0.15, 0.2) is 4.80 Å². The third kappa shape index (κ3) is 4.84. The molecule has 0 saturated carbocycles. The number of rotatable bonds is 6. The average Bonchev–Trinajstić information content (AvgIpc) is 3.23. The van der Waals surface area contributed by atoms with Crippen LogP contribution in [0.1, 0.15) is 31.0 Å². The van der Waals surface area contributed by atoms with E-state index < -0.39 is 12.0 Å². The Labute approximate surface area is 218 Å². The molecule has 5 rings (SSSR count). The van der Waals surface area contributed by atoms with Crippen molar-refractivity contribution in [3.63, 3.8) is 0 Å². The molecular formula is C28H29N3O5S. The van der Waals surface area contributed by atoms with E-state index in [0.717, 1.165) is 37.6 Å². The van der Waals surface area contributed by atoms with Crippen molar-refractivity contribution in [3.8, 4) is 5.75 Å². The van der Waals surface area contributed by atoms with Crippen LogP contribution in [0, 0.1) is 0 Å². The highest BCUT2D eigenvalue weighted by atomic mass is 32.1. The van der Waals surface area contributed by atoms with E-state index in [0.29, 0.717) is 31.9 Å². The number of para-hydroxylation sites is 1. The maximum atomic E-state index is 13.8. The third-order valence-corrected chi connectivity index (χ3v) is 7.50. The van der Waals surface area contributed by atoms with Gasteiger partial charge in [-0.3, -0.25) is 9.36 Å². The van der Waals surface area contributed by atoms with E-state index in [1.165, 1.54) is 11.3 Å². The molecule has 8 nitrogen and oxygen atoms in total. The van der Waals surface area contributed by atoms with Gasteiger partial charge in [-0.1, -0.05) is 41.7 Å². The molecule has 37 heavy (non-hydrogen) atoms. The number of hydrogen-bond acceptors (Lipinski definition) is 8. The SMILES string of the molecule is CCOC(=O)C1=C(C)N=c2s/c(=C/c3ccc(N4CCOCC4)cc3)c(=O)n2[C@H]1c1ccccc1OC. The normalized spacial score (nSPS) is 17.9. The second-order valence-electron chi connectivity index (χ2n) is 8.74. The summed E-state index contributed by atoms with van der Waals surface area (Å²) in [5.41, 5.74) is 3.39. The number of morpholine rings is 1. The van der Waals surface area contributed by atoms with Crippen molar-refractivity contribution in [1.29, 1.82) is 0 Å². The Hall–Kier alpha value is -3.69. The molecular weight excluding hydrogens is 490 g/mol. The van der Waals surface area contributed by atoms with Gasteiger partial charge in [-0.25, -0.2) is 9.79 Å². The minimum Gasteiger partial charge on any atom is -0.496 e. The molecule has 0 spiro atoms. The van der Waals surface area contributed by atoms with Crippen LogP contribution >= 0.6 is 11.3 Å². The number of thiazole rings is 1. The van der Waals surface area contributed by atoms with Crippen LogP contribution in [-0.4, -0.2) is 50.6 Å². The summed E-state index contributed by atoms with van der Waals surface area (Å²) in [6, 6.07) is 14.8. The first kappa shape index (κ1) is 25.0. The van der Waals surface area contributed by atoms with E-state index in [2.05, 4.69) is 22.0 Å². The zero-order valence-electron chi connectivity index (χ0n) is 21.1. The van der Waals surface area contributed by atoms with Gasteiger partial charge in [0.25, 0.3) is 5.56 Å². The number of aromatic nitrogens is 1. The van der Waals surface area contributed by atoms with Crippen molar-refractivity contribution in [2.75, 3.05) is 44.9 Å². The van der Waals surface area contributed by atoms with Gasteiger partial charge in [0.05, 0.1) is 42.7 Å². The molecule has 0 amide bonds. The van der Waals surface area contributed by atoms with Crippen LogP contribution in [0.3, 0.4) is 0 Å². The fourth-order valence-electron chi connectivity index (χ4n) is 4.73. The Morgan fingerprint density at radius 1 is 1.16 bits per heavy atom. The number of esters is 1. The zero-order chi connectivity index (χ0) is 25.9. The van der Waals surface area contributed by atoms with Crippen molar-refractivity contribution in [2.45, 2.75) is 19.9 Å². The number of benzene rings is 2. The first-order chi connectivity index (χ1) is 18.0. The topological polar surface area (TPSA) is 82.4 Å². The molecule has 2 aliphatic heterocycles. The molecule has 9 heteroatoms. The lowest BCUT2D eigenvalue weighted by Crippen LogP contribution is -2.40. The maximum absolute atomic E-state index is 13.8. The van der Waals surface area contributed by atoms with E-state index in [1.54, 1.807) is 25.5 Å². The number of carbonyl (C=O) groups excluding carboxylic acids is 1. The number of methoxy groups -OCH3 is 1. The fourth-order valence-corrected chi connectivity index (χ4v) is 5.78. The number of nitrogens with zero attached hydrogens (tertiary/aromatic N) is 3. The third-order valence-electron chi connectivity index (χ3n) is 6.52. The molecule has 3 heterocycles. The van der Waals surface area contributed by atoms with Gasteiger partial charge in [-0.15, -0.1) is 0 Å². The molecule has 2 aliphatic rings. The molecule has 0 unspecified atom stereocenters. The van der Waals surface area contributed by atoms with Crippen molar-refractivity contribution in [2.24, 2.45) is 4.99 Å².